The highest BCUT2D eigenvalue weighted by atomic mass is 16.5. The van der Waals surface area contributed by atoms with E-state index in [-0.39, 0.29) is 11.5 Å². The minimum atomic E-state index is -0.483. The van der Waals surface area contributed by atoms with Crippen LogP contribution in [0, 0.1) is 0 Å². The van der Waals surface area contributed by atoms with Gasteiger partial charge < -0.3 is 14.1 Å². The summed E-state index contributed by atoms with van der Waals surface area (Å²) in [5, 5.41) is 0. The van der Waals surface area contributed by atoms with Crippen LogP contribution < -0.4 is 0 Å². The van der Waals surface area contributed by atoms with Crippen molar-refractivity contribution in [2.24, 2.45) is 0 Å². The Bertz CT molecular complexity index is 746. The molecule has 2 aliphatic rings. The van der Waals surface area contributed by atoms with Gasteiger partial charge in [0.05, 0.1) is 18.4 Å². The van der Waals surface area contributed by atoms with Gasteiger partial charge in [0.15, 0.2) is 6.10 Å². The zero-order valence-electron chi connectivity index (χ0n) is 14.8. The van der Waals surface area contributed by atoms with E-state index in [4.69, 9.17) is 9.15 Å². The van der Waals surface area contributed by atoms with Gasteiger partial charge in [-0.05, 0) is 36.1 Å². The molecule has 0 radical (unpaired) electrons. The Balaban J connectivity index is 1.54. The molecule has 1 fully saturated rings. The van der Waals surface area contributed by atoms with Gasteiger partial charge in [0.2, 0.25) is 0 Å². The van der Waals surface area contributed by atoms with Crippen molar-refractivity contribution in [3.05, 3.63) is 59.5 Å². The lowest BCUT2D eigenvalue weighted by molar-refractivity contribution is -0.158. The van der Waals surface area contributed by atoms with Crippen molar-refractivity contribution in [1.82, 2.24) is 9.80 Å². The van der Waals surface area contributed by atoms with E-state index < -0.39 is 6.10 Å². The zero-order chi connectivity index (χ0) is 17.4. The molecular formula is C20H24N2O3. The molecule has 1 spiro atoms. The van der Waals surface area contributed by atoms with Gasteiger partial charge in [0.1, 0.15) is 5.76 Å². The fourth-order valence-corrected chi connectivity index (χ4v) is 3.99. The molecule has 5 heteroatoms. The first-order valence-corrected chi connectivity index (χ1v) is 8.82. The SMILES string of the molecule is CN(C)C(=O)C1OC2(CCN(Cc3ccco3)CC2)c2ccccc21. The van der Waals surface area contributed by atoms with Gasteiger partial charge in [0, 0.05) is 27.2 Å². The molecule has 1 atom stereocenters. The Morgan fingerprint density at radius 3 is 2.64 bits per heavy atom. The number of fused-ring (bicyclic) bond motifs is 2. The smallest absolute Gasteiger partial charge is 0.255 e. The van der Waals surface area contributed by atoms with Crippen LogP contribution in [0.4, 0.5) is 0 Å². The van der Waals surface area contributed by atoms with E-state index in [2.05, 4.69) is 11.0 Å². The van der Waals surface area contributed by atoms with E-state index in [1.165, 1.54) is 5.56 Å². The average Bonchev–Trinajstić information content (AvgIpc) is 3.24. The van der Waals surface area contributed by atoms with Gasteiger partial charge >= 0.3 is 0 Å². The summed E-state index contributed by atoms with van der Waals surface area (Å²) in [7, 11) is 3.57. The van der Waals surface area contributed by atoms with Gasteiger partial charge in [-0.25, -0.2) is 0 Å². The maximum absolute atomic E-state index is 12.6. The van der Waals surface area contributed by atoms with Crippen molar-refractivity contribution in [1.29, 1.82) is 0 Å². The number of piperidine rings is 1. The second-order valence-corrected chi connectivity index (χ2v) is 7.17. The molecule has 3 heterocycles. The number of likely N-dealkylation sites (N-methyl/N-ethyl adjacent to an activating group) is 1. The quantitative estimate of drug-likeness (QED) is 0.862. The first-order chi connectivity index (χ1) is 12.1. The second kappa shape index (κ2) is 6.32. The van der Waals surface area contributed by atoms with Crippen LogP contribution in [0.25, 0.3) is 0 Å². The summed E-state index contributed by atoms with van der Waals surface area (Å²) in [5.41, 5.74) is 1.88. The molecule has 5 nitrogen and oxygen atoms in total. The zero-order valence-corrected chi connectivity index (χ0v) is 14.8. The Kier molecular flexibility index (Phi) is 4.13. The summed E-state index contributed by atoms with van der Waals surface area (Å²) in [5.74, 6) is 1.01. The fraction of sp³-hybridized carbons (Fsp3) is 0.450. The van der Waals surface area contributed by atoms with E-state index in [1.807, 2.05) is 30.3 Å². The maximum Gasteiger partial charge on any atom is 0.255 e. The average molecular weight is 340 g/mol. The summed E-state index contributed by atoms with van der Waals surface area (Å²) in [4.78, 5) is 16.6. The van der Waals surface area contributed by atoms with Crippen molar-refractivity contribution in [3.8, 4) is 0 Å². The minimum absolute atomic E-state index is 0.0161. The van der Waals surface area contributed by atoms with Gasteiger partial charge in [0.25, 0.3) is 5.91 Å². The molecule has 1 saturated heterocycles. The molecule has 0 N–H and O–H groups in total. The Labute approximate surface area is 148 Å². The van der Waals surface area contributed by atoms with E-state index in [1.54, 1.807) is 25.3 Å². The highest BCUT2D eigenvalue weighted by Crippen LogP contribution is 2.49. The summed E-state index contributed by atoms with van der Waals surface area (Å²) in [6.07, 6.45) is 3.01. The lowest BCUT2D eigenvalue weighted by Gasteiger charge is -2.39. The van der Waals surface area contributed by atoms with Crippen molar-refractivity contribution in [2.75, 3.05) is 27.2 Å². The third kappa shape index (κ3) is 2.87. The molecule has 0 aliphatic carbocycles. The lowest BCUT2D eigenvalue weighted by Crippen LogP contribution is -2.42. The van der Waals surface area contributed by atoms with E-state index in [0.717, 1.165) is 43.8 Å². The van der Waals surface area contributed by atoms with Crippen molar-refractivity contribution in [2.45, 2.75) is 31.1 Å². The van der Waals surface area contributed by atoms with Gasteiger partial charge in [-0.15, -0.1) is 0 Å². The first-order valence-electron chi connectivity index (χ1n) is 8.82. The molecule has 132 valence electrons. The largest absolute Gasteiger partial charge is 0.468 e. The molecule has 0 bridgehead atoms. The topological polar surface area (TPSA) is 45.9 Å². The van der Waals surface area contributed by atoms with Crippen molar-refractivity contribution >= 4 is 5.91 Å². The van der Waals surface area contributed by atoms with Crippen LogP contribution in [0.5, 0.6) is 0 Å². The molecule has 1 aromatic heterocycles. The van der Waals surface area contributed by atoms with Gasteiger partial charge in [-0.2, -0.15) is 0 Å². The number of nitrogens with zero attached hydrogens (tertiary/aromatic N) is 2. The van der Waals surface area contributed by atoms with Crippen molar-refractivity contribution in [3.63, 3.8) is 0 Å². The standard InChI is InChI=1S/C20H24N2O3/c1-21(2)19(23)18-16-7-3-4-8-17(16)20(25-18)9-11-22(12-10-20)14-15-6-5-13-24-15/h3-8,13,18H,9-12,14H2,1-2H3. The Hall–Kier alpha value is -2.11. The number of hydrogen-bond donors (Lipinski definition) is 0. The number of ether oxygens (including phenoxy) is 1. The van der Waals surface area contributed by atoms with Crippen molar-refractivity contribution < 1.29 is 13.9 Å². The Morgan fingerprint density at radius 2 is 1.96 bits per heavy atom. The fourth-order valence-electron chi connectivity index (χ4n) is 3.99. The van der Waals surface area contributed by atoms with Crippen LogP contribution in [0.2, 0.25) is 0 Å². The summed E-state index contributed by atoms with van der Waals surface area (Å²) in [6, 6.07) is 12.1. The van der Waals surface area contributed by atoms with Crippen LogP contribution in [0.3, 0.4) is 0 Å². The van der Waals surface area contributed by atoms with Crippen LogP contribution in [-0.2, 0) is 21.7 Å². The molecule has 25 heavy (non-hydrogen) atoms. The summed E-state index contributed by atoms with van der Waals surface area (Å²) < 4.78 is 11.9. The van der Waals surface area contributed by atoms with Crippen LogP contribution in [0.1, 0.15) is 35.8 Å². The molecule has 0 saturated carbocycles. The minimum Gasteiger partial charge on any atom is -0.468 e. The highest BCUT2D eigenvalue weighted by Gasteiger charge is 2.48. The number of carbonyl (C=O) groups is 1. The number of likely N-dealkylation sites (tertiary alicyclic amines) is 1. The molecule has 1 unspecified atom stereocenters. The van der Waals surface area contributed by atoms with Crippen LogP contribution >= 0.6 is 0 Å². The Morgan fingerprint density at radius 1 is 1.20 bits per heavy atom. The lowest BCUT2D eigenvalue weighted by atomic mass is 9.83. The predicted molar refractivity (Wildman–Crippen MR) is 93.9 cm³/mol. The molecule has 4 rings (SSSR count). The highest BCUT2D eigenvalue weighted by molar-refractivity contribution is 5.83. The molecule has 1 amide bonds. The maximum atomic E-state index is 12.6. The van der Waals surface area contributed by atoms with Crippen LogP contribution in [0.15, 0.2) is 47.1 Å². The third-order valence-electron chi connectivity index (χ3n) is 5.37. The summed E-state index contributed by atoms with van der Waals surface area (Å²) in [6.45, 7) is 2.68. The molecule has 2 aliphatic heterocycles. The third-order valence-corrected chi connectivity index (χ3v) is 5.37. The number of benzene rings is 1. The normalized spacial score (nSPS) is 22.1. The summed E-state index contributed by atoms with van der Waals surface area (Å²) >= 11 is 0. The van der Waals surface area contributed by atoms with Crippen LogP contribution in [-0.4, -0.2) is 42.9 Å². The molecule has 1 aromatic carbocycles. The van der Waals surface area contributed by atoms with E-state index in [9.17, 15) is 4.79 Å². The number of rotatable bonds is 3. The van der Waals surface area contributed by atoms with E-state index >= 15 is 0 Å². The molecular weight excluding hydrogens is 316 g/mol. The number of carbonyl (C=O) groups excluding carboxylic acids is 1. The number of amides is 1. The van der Waals surface area contributed by atoms with Gasteiger partial charge in [-0.3, -0.25) is 9.69 Å². The van der Waals surface area contributed by atoms with E-state index in [0.29, 0.717) is 0 Å². The first kappa shape index (κ1) is 16.4. The number of furan rings is 1. The second-order valence-electron chi connectivity index (χ2n) is 7.17. The molecule has 2 aromatic rings. The monoisotopic (exact) mass is 340 g/mol. The van der Waals surface area contributed by atoms with Gasteiger partial charge in [-0.1, -0.05) is 24.3 Å². The number of hydrogen-bond acceptors (Lipinski definition) is 4. The predicted octanol–water partition coefficient (Wildman–Crippen LogP) is 2.93.